The first-order chi connectivity index (χ1) is 8.50. The molecule has 0 amide bonds. The van der Waals surface area contributed by atoms with Crippen molar-refractivity contribution in [3.8, 4) is 0 Å². The van der Waals surface area contributed by atoms with E-state index in [9.17, 15) is 5.11 Å². The molecular formula is C14H23ClN2O. The van der Waals surface area contributed by atoms with Gasteiger partial charge in [-0.2, -0.15) is 0 Å². The van der Waals surface area contributed by atoms with Crippen LogP contribution in [0.15, 0.2) is 18.2 Å². The molecule has 0 aromatic heterocycles. The molecule has 0 fully saturated rings. The lowest BCUT2D eigenvalue weighted by atomic mass is 10.1. The smallest absolute Gasteiger partial charge is 0.0914 e. The topological polar surface area (TPSA) is 35.5 Å². The Morgan fingerprint density at radius 2 is 2.11 bits per heavy atom. The van der Waals surface area contributed by atoms with Crippen LogP contribution in [0.2, 0.25) is 5.02 Å². The van der Waals surface area contributed by atoms with E-state index in [1.807, 2.05) is 25.1 Å². The van der Waals surface area contributed by atoms with Gasteiger partial charge >= 0.3 is 0 Å². The zero-order valence-corrected chi connectivity index (χ0v) is 12.2. The number of hydrogen-bond donors (Lipinski definition) is 2. The van der Waals surface area contributed by atoms with Gasteiger partial charge in [-0.1, -0.05) is 23.7 Å². The zero-order chi connectivity index (χ0) is 13.5. The number of aliphatic hydroxyl groups excluding tert-OH is 1. The number of nitrogens with zero attached hydrogens (tertiary/aromatic N) is 1. The van der Waals surface area contributed by atoms with Crippen LogP contribution in [0.25, 0.3) is 0 Å². The second-order valence-corrected chi connectivity index (χ2v) is 5.29. The van der Waals surface area contributed by atoms with Crippen LogP contribution in [0.1, 0.15) is 23.7 Å². The van der Waals surface area contributed by atoms with Gasteiger partial charge in [0.2, 0.25) is 0 Å². The molecule has 0 spiro atoms. The molecule has 18 heavy (non-hydrogen) atoms. The van der Waals surface area contributed by atoms with E-state index in [-0.39, 0.29) is 0 Å². The van der Waals surface area contributed by atoms with Crippen molar-refractivity contribution in [1.82, 2.24) is 10.2 Å². The van der Waals surface area contributed by atoms with Crippen molar-refractivity contribution >= 4 is 11.6 Å². The third kappa shape index (κ3) is 5.36. The van der Waals surface area contributed by atoms with Gasteiger partial charge in [-0.05, 0) is 57.7 Å². The Labute approximate surface area is 115 Å². The van der Waals surface area contributed by atoms with Crippen molar-refractivity contribution in [2.24, 2.45) is 0 Å². The largest absolute Gasteiger partial charge is 0.387 e. The van der Waals surface area contributed by atoms with Gasteiger partial charge in [0.05, 0.1) is 6.10 Å². The Balaban J connectivity index is 2.31. The third-order valence-corrected chi connectivity index (χ3v) is 3.29. The molecule has 0 aliphatic rings. The van der Waals surface area contributed by atoms with Crippen LogP contribution in [0.3, 0.4) is 0 Å². The summed E-state index contributed by atoms with van der Waals surface area (Å²) in [6, 6.07) is 5.65. The fraction of sp³-hybridized carbons (Fsp3) is 0.571. The third-order valence-electron chi connectivity index (χ3n) is 2.86. The normalized spacial score (nSPS) is 13.0. The molecule has 0 aliphatic carbocycles. The van der Waals surface area contributed by atoms with Crippen molar-refractivity contribution in [3.05, 3.63) is 34.3 Å². The van der Waals surface area contributed by atoms with Crippen molar-refractivity contribution in [2.75, 3.05) is 33.7 Å². The lowest BCUT2D eigenvalue weighted by Gasteiger charge is -2.14. The minimum Gasteiger partial charge on any atom is -0.387 e. The maximum Gasteiger partial charge on any atom is 0.0914 e. The number of halogens is 1. The summed E-state index contributed by atoms with van der Waals surface area (Å²) < 4.78 is 0. The van der Waals surface area contributed by atoms with E-state index in [1.54, 1.807) is 0 Å². The molecule has 1 rings (SSSR count). The standard InChI is InChI=1S/C14H23ClN2O/c1-11-9-12(5-6-13(11)15)14(18)10-16-7-4-8-17(2)3/h5-6,9,14,16,18H,4,7-8,10H2,1-3H3. The highest BCUT2D eigenvalue weighted by Crippen LogP contribution is 2.20. The molecule has 0 saturated carbocycles. The molecule has 102 valence electrons. The second kappa shape index (κ2) is 7.74. The molecule has 0 heterocycles. The quantitative estimate of drug-likeness (QED) is 0.746. The van der Waals surface area contributed by atoms with Gasteiger partial charge in [0.15, 0.2) is 0 Å². The van der Waals surface area contributed by atoms with E-state index in [0.29, 0.717) is 6.54 Å². The molecule has 0 radical (unpaired) electrons. The highest BCUT2D eigenvalue weighted by atomic mass is 35.5. The van der Waals surface area contributed by atoms with Crippen molar-refractivity contribution in [3.63, 3.8) is 0 Å². The molecule has 4 heteroatoms. The van der Waals surface area contributed by atoms with Gasteiger partial charge in [0, 0.05) is 11.6 Å². The Morgan fingerprint density at radius 3 is 2.72 bits per heavy atom. The number of aliphatic hydroxyl groups is 1. The number of nitrogens with one attached hydrogen (secondary N) is 1. The summed E-state index contributed by atoms with van der Waals surface area (Å²) in [6.07, 6.45) is 0.611. The van der Waals surface area contributed by atoms with E-state index in [2.05, 4.69) is 24.3 Å². The molecular weight excluding hydrogens is 248 g/mol. The molecule has 0 saturated heterocycles. The molecule has 1 unspecified atom stereocenters. The zero-order valence-electron chi connectivity index (χ0n) is 11.4. The Hall–Kier alpha value is -0.610. The van der Waals surface area contributed by atoms with Crippen LogP contribution in [0, 0.1) is 6.92 Å². The highest BCUT2D eigenvalue weighted by molar-refractivity contribution is 6.31. The summed E-state index contributed by atoms with van der Waals surface area (Å²) >= 11 is 5.96. The fourth-order valence-corrected chi connectivity index (χ4v) is 1.87. The van der Waals surface area contributed by atoms with Crippen LogP contribution in [0.5, 0.6) is 0 Å². The first kappa shape index (κ1) is 15.4. The molecule has 1 atom stereocenters. The van der Waals surface area contributed by atoms with Crippen LogP contribution < -0.4 is 5.32 Å². The van der Waals surface area contributed by atoms with Crippen molar-refractivity contribution in [2.45, 2.75) is 19.4 Å². The maximum absolute atomic E-state index is 10.0. The van der Waals surface area contributed by atoms with Gasteiger partial charge < -0.3 is 15.3 Å². The average Bonchev–Trinajstić information content (AvgIpc) is 2.31. The van der Waals surface area contributed by atoms with Crippen LogP contribution >= 0.6 is 11.6 Å². The van der Waals surface area contributed by atoms with Gasteiger partial charge in [0.25, 0.3) is 0 Å². The predicted molar refractivity (Wildman–Crippen MR) is 77.2 cm³/mol. The summed E-state index contributed by atoms with van der Waals surface area (Å²) in [6.45, 7) is 4.50. The van der Waals surface area contributed by atoms with Gasteiger partial charge in [-0.15, -0.1) is 0 Å². The van der Waals surface area contributed by atoms with E-state index in [0.717, 1.165) is 35.7 Å². The second-order valence-electron chi connectivity index (χ2n) is 4.89. The monoisotopic (exact) mass is 270 g/mol. The summed E-state index contributed by atoms with van der Waals surface area (Å²) in [7, 11) is 4.12. The SMILES string of the molecule is Cc1cc(C(O)CNCCCN(C)C)ccc1Cl. The summed E-state index contributed by atoms with van der Waals surface area (Å²) in [5.41, 5.74) is 1.91. The Bertz CT molecular complexity index is 369. The molecule has 1 aromatic rings. The molecule has 2 N–H and O–H groups in total. The molecule has 0 bridgehead atoms. The number of hydrogen-bond acceptors (Lipinski definition) is 3. The fourth-order valence-electron chi connectivity index (χ4n) is 1.75. The van der Waals surface area contributed by atoms with E-state index >= 15 is 0 Å². The molecule has 3 nitrogen and oxygen atoms in total. The number of benzene rings is 1. The van der Waals surface area contributed by atoms with Gasteiger partial charge in [-0.25, -0.2) is 0 Å². The lowest BCUT2D eigenvalue weighted by Crippen LogP contribution is -2.25. The van der Waals surface area contributed by atoms with Crippen LogP contribution in [-0.2, 0) is 0 Å². The van der Waals surface area contributed by atoms with E-state index in [4.69, 9.17) is 11.6 Å². The highest BCUT2D eigenvalue weighted by Gasteiger charge is 2.08. The van der Waals surface area contributed by atoms with E-state index < -0.39 is 6.10 Å². The molecule has 0 aliphatic heterocycles. The first-order valence-corrected chi connectivity index (χ1v) is 6.68. The van der Waals surface area contributed by atoms with Gasteiger partial charge in [-0.3, -0.25) is 0 Å². The van der Waals surface area contributed by atoms with Gasteiger partial charge in [0.1, 0.15) is 0 Å². The summed E-state index contributed by atoms with van der Waals surface area (Å²) in [5, 5.41) is 14.0. The first-order valence-electron chi connectivity index (χ1n) is 6.30. The summed E-state index contributed by atoms with van der Waals surface area (Å²) in [5.74, 6) is 0. The van der Waals surface area contributed by atoms with Crippen molar-refractivity contribution in [1.29, 1.82) is 0 Å². The Kier molecular flexibility index (Phi) is 6.65. The molecule has 1 aromatic carbocycles. The number of rotatable bonds is 7. The van der Waals surface area contributed by atoms with E-state index in [1.165, 1.54) is 0 Å². The lowest BCUT2D eigenvalue weighted by molar-refractivity contribution is 0.174. The van der Waals surface area contributed by atoms with Crippen LogP contribution in [-0.4, -0.2) is 43.7 Å². The Morgan fingerprint density at radius 1 is 1.39 bits per heavy atom. The predicted octanol–water partition coefficient (Wildman–Crippen LogP) is 2.22. The number of aryl methyl sites for hydroxylation is 1. The maximum atomic E-state index is 10.0. The van der Waals surface area contributed by atoms with Crippen LogP contribution in [0.4, 0.5) is 0 Å². The van der Waals surface area contributed by atoms with Crippen molar-refractivity contribution < 1.29 is 5.11 Å². The average molecular weight is 271 g/mol. The minimum absolute atomic E-state index is 0.472. The minimum atomic E-state index is -0.472. The summed E-state index contributed by atoms with van der Waals surface area (Å²) in [4.78, 5) is 2.15.